The van der Waals surface area contributed by atoms with Crippen LogP contribution in [0.5, 0.6) is 0 Å². The largest absolute Gasteiger partial charge is 0.441 e. The quantitative estimate of drug-likeness (QED) is 0.858. The second-order valence-electron chi connectivity index (χ2n) is 4.33. The van der Waals surface area contributed by atoms with Crippen LogP contribution in [0.15, 0.2) is 28.7 Å². The van der Waals surface area contributed by atoms with Crippen LogP contribution >= 0.6 is 0 Å². The molecule has 1 aromatic carbocycles. The third-order valence-electron chi connectivity index (χ3n) is 3.12. The summed E-state index contributed by atoms with van der Waals surface area (Å²) in [5.41, 5.74) is 7.83. The van der Waals surface area contributed by atoms with E-state index in [2.05, 4.69) is 18.8 Å². The van der Waals surface area contributed by atoms with E-state index in [1.807, 2.05) is 24.3 Å². The number of oxazole rings is 1. The SMILES string of the molecule is CCC(C)C(N)Cc1nc2ccccc2o1. The molecule has 1 heterocycles. The van der Waals surface area contributed by atoms with Crippen molar-refractivity contribution in [1.29, 1.82) is 0 Å². The zero-order chi connectivity index (χ0) is 11.5. The summed E-state index contributed by atoms with van der Waals surface area (Å²) < 4.78 is 5.64. The topological polar surface area (TPSA) is 52.0 Å². The second kappa shape index (κ2) is 4.66. The van der Waals surface area contributed by atoms with Crippen LogP contribution in [0, 0.1) is 5.92 Å². The van der Waals surface area contributed by atoms with Crippen LogP contribution in [-0.2, 0) is 6.42 Å². The highest BCUT2D eigenvalue weighted by atomic mass is 16.3. The Hall–Kier alpha value is -1.35. The van der Waals surface area contributed by atoms with Gasteiger partial charge in [-0.15, -0.1) is 0 Å². The van der Waals surface area contributed by atoms with Gasteiger partial charge in [0.15, 0.2) is 11.5 Å². The van der Waals surface area contributed by atoms with Gasteiger partial charge in [-0.05, 0) is 18.1 Å². The van der Waals surface area contributed by atoms with Gasteiger partial charge in [-0.1, -0.05) is 32.4 Å². The first-order valence-electron chi connectivity index (χ1n) is 5.80. The lowest BCUT2D eigenvalue weighted by Gasteiger charge is -2.15. The van der Waals surface area contributed by atoms with E-state index < -0.39 is 0 Å². The molecule has 3 heteroatoms. The molecule has 2 unspecified atom stereocenters. The van der Waals surface area contributed by atoms with E-state index in [9.17, 15) is 0 Å². The summed E-state index contributed by atoms with van der Waals surface area (Å²) in [6.07, 6.45) is 1.80. The molecule has 0 aliphatic carbocycles. The average Bonchev–Trinajstić information content (AvgIpc) is 2.69. The highest BCUT2D eigenvalue weighted by Gasteiger charge is 2.15. The van der Waals surface area contributed by atoms with Gasteiger partial charge in [0.2, 0.25) is 0 Å². The Morgan fingerprint density at radius 3 is 2.81 bits per heavy atom. The van der Waals surface area contributed by atoms with Crippen molar-refractivity contribution in [2.24, 2.45) is 11.7 Å². The maximum Gasteiger partial charge on any atom is 0.197 e. The van der Waals surface area contributed by atoms with Crippen molar-refractivity contribution in [3.8, 4) is 0 Å². The first-order valence-corrected chi connectivity index (χ1v) is 5.80. The number of aromatic nitrogens is 1. The van der Waals surface area contributed by atoms with E-state index in [0.29, 0.717) is 12.3 Å². The summed E-state index contributed by atoms with van der Waals surface area (Å²) >= 11 is 0. The Morgan fingerprint density at radius 2 is 2.12 bits per heavy atom. The lowest BCUT2D eigenvalue weighted by atomic mass is 9.97. The van der Waals surface area contributed by atoms with E-state index in [-0.39, 0.29) is 6.04 Å². The third kappa shape index (κ3) is 2.25. The molecular weight excluding hydrogens is 200 g/mol. The molecule has 0 fully saturated rings. The maximum absolute atomic E-state index is 6.08. The lowest BCUT2D eigenvalue weighted by Crippen LogP contribution is -2.30. The molecule has 0 bridgehead atoms. The van der Waals surface area contributed by atoms with E-state index in [1.165, 1.54) is 0 Å². The smallest absolute Gasteiger partial charge is 0.197 e. The third-order valence-corrected chi connectivity index (χ3v) is 3.12. The number of fused-ring (bicyclic) bond motifs is 1. The van der Waals surface area contributed by atoms with Gasteiger partial charge in [-0.2, -0.15) is 0 Å². The maximum atomic E-state index is 6.08. The number of para-hydroxylation sites is 2. The Morgan fingerprint density at radius 1 is 1.38 bits per heavy atom. The number of nitrogens with zero attached hydrogens (tertiary/aromatic N) is 1. The van der Waals surface area contributed by atoms with Crippen molar-refractivity contribution in [3.63, 3.8) is 0 Å². The van der Waals surface area contributed by atoms with Crippen LogP contribution in [0.25, 0.3) is 11.1 Å². The van der Waals surface area contributed by atoms with Gasteiger partial charge in [-0.3, -0.25) is 0 Å². The van der Waals surface area contributed by atoms with E-state index in [1.54, 1.807) is 0 Å². The van der Waals surface area contributed by atoms with E-state index >= 15 is 0 Å². The molecule has 1 aromatic heterocycles. The molecule has 2 atom stereocenters. The van der Waals surface area contributed by atoms with Gasteiger partial charge in [0.25, 0.3) is 0 Å². The molecule has 0 aliphatic rings. The second-order valence-corrected chi connectivity index (χ2v) is 4.33. The molecule has 16 heavy (non-hydrogen) atoms. The first kappa shape index (κ1) is 11.1. The minimum absolute atomic E-state index is 0.123. The molecule has 3 nitrogen and oxygen atoms in total. The summed E-state index contributed by atoms with van der Waals surface area (Å²) in [7, 11) is 0. The van der Waals surface area contributed by atoms with Crippen LogP contribution in [0.3, 0.4) is 0 Å². The molecule has 0 radical (unpaired) electrons. The van der Waals surface area contributed by atoms with Crippen LogP contribution in [0.1, 0.15) is 26.2 Å². The van der Waals surface area contributed by atoms with Crippen molar-refractivity contribution >= 4 is 11.1 Å². The summed E-state index contributed by atoms with van der Waals surface area (Å²) in [4.78, 5) is 4.42. The Kier molecular flexibility index (Phi) is 3.25. The van der Waals surface area contributed by atoms with E-state index in [4.69, 9.17) is 10.2 Å². The molecule has 0 spiro atoms. The number of hydrogen-bond acceptors (Lipinski definition) is 3. The van der Waals surface area contributed by atoms with E-state index in [0.717, 1.165) is 23.4 Å². The molecule has 0 amide bonds. The fraction of sp³-hybridized carbons (Fsp3) is 0.462. The van der Waals surface area contributed by atoms with Crippen molar-refractivity contribution in [1.82, 2.24) is 4.98 Å². The van der Waals surface area contributed by atoms with Gasteiger partial charge < -0.3 is 10.2 Å². The molecule has 0 aliphatic heterocycles. The minimum atomic E-state index is 0.123. The molecule has 86 valence electrons. The van der Waals surface area contributed by atoms with Crippen LogP contribution < -0.4 is 5.73 Å². The Labute approximate surface area is 95.7 Å². The van der Waals surface area contributed by atoms with Gasteiger partial charge in [-0.25, -0.2) is 4.98 Å². The molecule has 2 N–H and O–H groups in total. The number of benzene rings is 1. The van der Waals surface area contributed by atoms with Crippen molar-refractivity contribution in [3.05, 3.63) is 30.2 Å². The van der Waals surface area contributed by atoms with Gasteiger partial charge >= 0.3 is 0 Å². The molecule has 0 saturated carbocycles. The van der Waals surface area contributed by atoms with Gasteiger partial charge in [0, 0.05) is 12.5 Å². The number of hydrogen-bond donors (Lipinski definition) is 1. The van der Waals surface area contributed by atoms with Crippen LogP contribution in [0.2, 0.25) is 0 Å². The van der Waals surface area contributed by atoms with Crippen molar-refractivity contribution in [2.45, 2.75) is 32.7 Å². The lowest BCUT2D eigenvalue weighted by molar-refractivity contribution is 0.403. The predicted molar refractivity (Wildman–Crippen MR) is 65.1 cm³/mol. The summed E-state index contributed by atoms with van der Waals surface area (Å²) in [5, 5.41) is 0. The summed E-state index contributed by atoms with van der Waals surface area (Å²) in [6, 6.07) is 7.92. The molecule has 0 saturated heterocycles. The van der Waals surface area contributed by atoms with Crippen LogP contribution in [0.4, 0.5) is 0 Å². The zero-order valence-corrected chi connectivity index (χ0v) is 9.81. The monoisotopic (exact) mass is 218 g/mol. The molecule has 2 rings (SSSR count). The highest BCUT2D eigenvalue weighted by molar-refractivity contribution is 5.72. The first-order chi connectivity index (χ1) is 7.70. The highest BCUT2D eigenvalue weighted by Crippen LogP contribution is 2.17. The fourth-order valence-corrected chi connectivity index (χ4v) is 1.71. The normalized spacial score (nSPS) is 15.2. The van der Waals surface area contributed by atoms with Crippen LogP contribution in [-0.4, -0.2) is 11.0 Å². The van der Waals surface area contributed by atoms with Gasteiger partial charge in [0.05, 0.1) is 0 Å². The number of rotatable bonds is 4. The summed E-state index contributed by atoms with van der Waals surface area (Å²) in [6.45, 7) is 4.31. The van der Waals surface area contributed by atoms with Crippen molar-refractivity contribution < 1.29 is 4.42 Å². The Bertz CT molecular complexity index is 431. The molecular formula is C13H18N2O. The predicted octanol–water partition coefficient (Wildman–Crippen LogP) is 2.74. The Balaban J connectivity index is 2.15. The minimum Gasteiger partial charge on any atom is -0.441 e. The van der Waals surface area contributed by atoms with Gasteiger partial charge in [0.1, 0.15) is 5.52 Å². The fourth-order valence-electron chi connectivity index (χ4n) is 1.71. The van der Waals surface area contributed by atoms with Crippen molar-refractivity contribution in [2.75, 3.05) is 0 Å². The molecule has 2 aromatic rings. The number of nitrogens with two attached hydrogens (primary N) is 1. The summed E-state index contributed by atoms with van der Waals surface area (Å²) in [5.74, 6) is 1.24. The average molecular weight is 218 g/mol. The zero-order valence-electron chi connectivity index (χ0n) is 9.81. The standard InChI is InChI=1S/C13H18N2O/c1-3-9(2)10(14)8-13-15-11-6-4-5-7-12(11)16-13/h4-7,9-10H,3,8,14H2,1-2H3.